The number of hydrogen-bond donors (Lipinski definition) is 1. The first-order valence-electron chi connectivity index (χ1n) is 5.55. The van der Waals surface area contributed by atoms with Gasteiger partial charge in [0.1, 0.15) is 6.61 Å². The Morgan fingerprint density at radius 2 is 1.94 bits per heavy atom. The summed E-state index contributed by atoms with van der Waals surface area (Å²) in [5.74, 6) is 0. The molecule has 0 aromatic rings. The van der Waals surface area contributed by atoms with Crippen molar-refractivity contribution >= 4 is 22.0 Å². The number of primary amides is 1. The minimum absolute atomic E-state index is 0.120. The summed E-state index contributed by atoms with van der Waals surface area (Å²) >= 11 is 3.27. The fourth-order valence-corrected chi connectivity index (χ4v) is 1.34. The zero-order valence-electron chi connectivity index (χ0n) is 10.7. The summed E-state index contributed by atoms with van der Waals surface area (Å²) in [4.78, 5) is 10.6. The summed E-state index contributed by atoms with van der Waals surface area (Å²) in [6.45, 7) is 7.86. The number of carbonyl (C=O) groups excluding carboxylic acids is 1. The van der Waals surface area contributed by atoms with Gasteiger partial charge < -0.3 is 19.9 Å². The molecule has 0 bridgehead atoms. The molecule has 0 aromatic carbocycles. The lowest BCUT2D eigenvalue weighted by molar-refractivity contribution is -0.0677. The normalized spacial score (nSPS) is 13.4. The Morgan fingerprint density at radius 1 is 1.29 bits per heavy atom. The molecule has 0 spiro atoms. The molecule has 1 unspecified atom stereocenters. The van der Waals surface area contributed by atoms with Crippen molar-refractivity contribution in [2.45, 2.75) is 26.9 Å². The molecule has 17 heavy (non-hydrogen) atoms. The van der Waals surface area contributed by atoms with Crippen molar-refractivity contribution in [3.63, 3.8) is 0 Å². The molecule has 5 nitrogen and oxygen atoms in total. The number of carbonyl (C=O) groups is 1. The minimum Gasteiger partial charge on any atom is -0.447 e. The van der Waals surface area contributed by atoms with Crippen molar-refractivity contribution in [3.05, 3.63) is 0 Å². The summed E-state index contributed by atoms with van der Waals surface area (Å²) in [6, 6.07) is 0. The van der Waals surface area contributed by atoms with E-state index < -0.39 is 6.09 Å². The second kappa shape index (κ2) is 8.72. The largest absolute Gasteiger partial charge is 0.447 e. The van der Waals surface area contributed by atoms with Crippen molar-refractivity contribution in [2.75, 3.05) is 31.8 Å². The van der Waals surface area contributed by atoms with Crippen LogP contribution in [0, 0.1) is 5.41 Å². The Labute approximate surface area is 111 Å². The monoisotopic (exact) mass is 311 g/mol. The highest BCUT2D eigenvalue weighted by molar-refractivity contribution is 9.09. The molecule has 0 aromatic heterocycles. The number of ether oxygens (including phenoxy) is 3. The lowest BCUT2D eigenvalue weighted by atomic mass is 9.89. The number of rotatable bonds is 8. The van der Waals surface area contributed by atoms with E-state index >= 15 is 0 Å². The molecule has 0 rings (SSSR count). The van der Waals surface area contributed by atoms with Crippen LogP contribution in [0.2, 0.25) is 0 Å². The van der Waals surface area contributed by atoms with E-state index in [0.717, 1.165) is 5.33 Å². The zero-order valence-corrected chi connectivity index (χ0v) is 12.3. The van der Waals surface area contributed by atoms with Crippen LogP contribution >= 0.6 is 15.9 Å². The van der Waals surface area contributed by atoms with Crippen LogP contribution in [0.5, 0.6) is 0 Å². The molecule has 0 saturated carbocycles. The molecule has 0 aliphatic rings. The van der Waals surface area contributed by atoms with Gasteiger partial charge in [-0.15, -0.1) is 0 Å². The third-order valence-electron chi connectivity index (χ3n) is 2.11. The van der Waals surface area contributed by atoms with Crippen molar-refractivity contribution in [1.29, 1.82) is 0 Å². The van der Waals surface area contributed by atoms with Gasteiger partial charge in [-0.3, -0.25) is 0 Å². The number of amides is 1. The van der Waals surface area contributed by atoms with E-state index in [-0.39, 0.29) is 18.1 Å². The van der Waals surface area contributed by atoms with E-state index in [9.17, 15) is 4.79 Å². The van der Waals surface area contributed by atoms with Crippen LogP contribution in [0.1, 0.15) is 20.8 Å². The highest BCUT2D eigenvalue weighted by Crippen LogP contribution is 2.22. The molecular weight excluding hydrogens is 290 g/mol. The van der Waals surface area contributed by atoms with Gasteiger partial charge in [-0.1, -0.05) is 36.7 Å². The Kier molecular flexibility index (Phi) is 8.55. The minimum atomic E-state index is -0.779. The number of alkyl halides is 1. The van der Waals surface area contributed by atoms with Gasteiger partial charge in [0.15, 0.2) is 0 Å². The van der Waals surface area contributed by atoms with Gasteiger partial charge in [0, 0.05) is 5.33 Å². The van der Waals surface area contributed by atoms with Crippen molar-refractivity contribution < 1.29 is 19.0 Å². The Balaban J connectivity index is 3.91. The van der Waals surface area contributed by atoms with Gasteiger partial charge in [-0.25, -0.2) is 4.79 Å². The standard InChI is InChI=1S/C11H22BrNO4/c1-11(2,3)9(8-17-10(13)14)16-7-6-15-5-4-12/h9H,4-8H2,1-3H3,(H2,13,14). The van der Waals surface area contributed by atoms with Crippen molar-refractivity contribution in [3.8, 4) is 0 Å². The van der Waals surface area contributed by atoms with Gasteiger partial charge in [0.25, 0.3) is 0 Å². The number of nitrogens with two attached hydrogens (primary N) is 1. The second-order valence-corrected chi connectivity index (χ2v) is 5.45. The average Bonchev–Trinajstić information content (AvgIpc) is 2.19. The van der Waals surface area contributed by atoms with Gasteiger partial charge in [-0.2, -0.15) is 0 Å². The Hall–Kier alpha value is -0.330. The SMILES string of the molecule is CC(C)(C)C(COC(N)=O)OCCOCCBr. The maximum Gasteiger partial charge on any atom is 0.404 e. The molecule has 6 heteroatoms. The van der Waals surface area contributed by atoms with Crippen LogP contribution in [0.3, 0.4) is 0 Å². The molecular formula is C11H22BrNO4. The van der Waals surface area contributed by atoms with Crippen LogP contribution in [-0.4, -0.2) is 44.0 Å². The van der Waals surface area contributed by atoms with E-state index in [0.29, 0.717) is 19.8 Å². The average molecular weight is 312 g/mol. The summed E-state index contributed by atoms with van der Waals surface area (Å²) in [6.07, 6.45) is -0.971. The van der Waals surface area contributed by atoms with E-state index in [1.54, 1.807) is 0 Å². The number of halogens is 1. The third-order valence-corrected chi connectivity index (χ3v) is 2.43. The highest BCUT2D eigenvalue weighted by atomic mass is 79.9. The summed E-state index contributed by atoms with van der Waals surface area (Å²) in [5.41, 5.74) is 4.81. The molecule has 1 atom stereocenters. The zero-order chi connectivity index (χ0) is 13.3. The van der Waals surface area contributed by atoms with Crippen LogP contribution in [0.15, 0.2) is 0 Å². The maximum absolute atomic E-state index is 10.6. The molecule has 2 N–H and O–H groups in total. The molecule has 0 aliphatic carbocycles. The molecule has 1 amide bonds. The van der Waals surface area contributed by atoms with Crippen LogP contribution in [-0.2, 0) is 14.2 Å². The van der Waals surface area contributed by atoms with Crippen LogP contribution in [0.25, 0.3) is 0 Å². The second-order valence-electron chi connectivity index (χ2n) is 4.66. The summed E-state index contributed by atoms with van der Waals surface area (Å²) in [5, 5.41) is 0.806. The Morgan fingerprint density at radius 3 is 2.41 bits per heavy atom. The van der Waals surface area contributed by atoms with E-state index in [2.05, 4.69) is 15.9 Å². The van der Waals surface area contributed by atoms with Gasteiger partial charge >= 0.3 is 6.09 Å². The predicted molar refractivity (Wildman–Crippen MR) is 69.3 cm³/mol. The van der Waals surface area contributed by atoms with E-state index in [1.807, 2.05) is 20.8 Å². The first kappa shape index (κ1) is 16.7. The topological polar surface area (TPSA) is 70.8 Å². The first-order valence-corrected chi connectivity index (χ1v) is 6.67. The van der Waals surface area contributed by atoms with Crippen LogP contribution < -0.4 is 5.73 Å². The maximum atomic E-state index is 10.6. The van der Waals surface area contributed by atoms with Gasteiger partial charge in [0.05, 0.1) is 25.9 Å². The quantitative estimate of drug-likeness (QED) is 0.549. The molecule has 0 aliphatic heterocycles. The van der Waals surface area contributed by atoms with Gasteiger partial charge in [-0.05, 0) is 5.41 Å². The lowest BCUT2D eigenvalue weighted by Gasteiger charge is -2.29. The fourth-order valence-electron chi connectivity index (χ4n) is 1.11. The smallest absolute Gasteiger partial charge is 0.404 e. The summed E-state index contributed by atoms with van der Waals surface area (Å²) < 4.78 is 15.7. The highest BCUT2D eigenvalue weighted by Gasteiger charge is 2.26. The molecule has 0 saturated heterocycles. The molecule has 0 fully saturated rings. The molecule has 0 heterocycles. The lowest BCUT2D eigenvalue weighted by Crippen LogP contribution is -2.36. The van der Waals surface area contributed by atoms with Crippen molar-refractivity contribution in [2.24, 2.45) is 11.1 Å². The van der Waals surface area contributed by atoms with E-state index in [4.69, 9.17) is 19.9 Å². The van der Waals surface area contributed by atoms with Gasteiger partial charge in [0.2, 0.25) is 0 Å². The Bertz CT molecular complexity index is 218. The fraction of sp³-hybridized carbons (Fsp3) is 0.909. The predicted octanol–water partition coefficient (Wildman–Crippen LogP) is 1.92. The molecule has 0 radical (unpaired) electrons. The third kappa shape index (κ3) is 9.38. The van der Waals surface area contributed by atoms with E-state index in [1.165, 1.54) is 0 Å². The summed E-state index contributed by atoms with van der Waals surface area (Å²) in [7, 11) is 0. The van der Waals surface area contributed by atoms with Crippen molar-refractivity contribution in [1.82, 2.24) is 0 Å². The molecule has 102 valence electrons. The van der Waals surface area contributed by atoms with Crippen LogP contribution in [0.4, 0.5) is 4.79 Å². The first-order chi connectivity index (χ1) is 7.88. The number of hydrogen-bond acceptors (Lipinski definition) is 4.